The van der Waals surface area contributed by atoms with E-state index in [9.17, 15) is 9.59 Å². The van der Waals surface area contributed by atoms with E-state index in [1.165, 1.54) is 0 Å². The fourth-order valence-corrected chi connectivity index (χ4v) is 2.84. The van der Waals surface area contributed by atoms with Gasteiger partial charge in [0.1, 0.15) is 12.4 Å². The molecule has 1 heterocycles. The van der Waals surface area contributed by atoms with Gasteiger partial charge in [-0.05, 0) is 42.8 Å². The average Bonchev–Trinajstić information content (AvgIpc) is 2.70. The van der Waals surface area contributed by atoms with Crippen LogP contribution in [0, 0.1) is 12.8 Å². The van der Waals surface area contributed by atoms with Crippen LogP contribution in [0.2, 0.25) is 10.0 Å². The van der Waals surface area contributed by atoms with Gasteiger partial charge in [0.25, 0.3) is 0 Å². The number of hydrogen-bond acceptors (Lipinski definition) is 3. The molecule has 0 saturated heterocycles. The predicted octanol–water partition coefficient (Wildman–Crippen LogP) is 4.28. The van der Waals surface area contributed by atoms with Gasteiger partial charge < -0.3 is 15.4 Å². The van der Waals surface area contributed by atoms with Crippen molar-refractivity contribution in [1.82, 2.24) is 0 Å². The zero-order valence-corrected chi connectivity index (χ0v) is 14.9. The first-order valence-electron chi connectivity index (χ1n) is 7.71. The van der Waals surface area contributed by atoms with E-state index >= 15 is 0 Å². The summed E-state index contributed by atoms with van der Waals surface area (Å²) >= 11 is 12.0. The number of carbonyl (C=O) groups excluding carboxylic acids is 2. The molecule has 0 unspecified atom stereocenters. The Bertz CT molecular complexity index is 839. The summed E-state index contributed by atoms with van der Waals surface area (Å²) in [4.78, 5) is 24.6. The largest absolute Gasteiger partial charge is 0.491 e. The number of rotatable bonds is 3. The molecule has 0 aromatic heterocycles. The molecule has 0 radical (unpaired) electrons. The molecule has 3 rings (SSSR count). The van der Waals surface area contributed by atoms with Crippen molar-refractivity contribution in [3.05, 3.63) is 52.0 Å². The Morgan fingerprint density at radius 2 is 2.08 bits per heavy atom. The fraction of sp³-hybridized carbons (Fsp3) is 0.222. The molecule has 2 aromatic rings. The molecule has 25 heavy (non-hydrogen) atoms. The number of aryl methyl sites for hydroxylation is 1. The van der Waals surface area contributed by atoms with Gasteiger partial charge in [-0.1, -0.05) is 29.3 Å². The zero-order chi connectivity index (χ0) is 18.0. The molecule has 2 N–H and O–H groups in total. The highest BCUT2D eigenvalue weighted by atomic mass is 35.5. The second kappa shape index (κ2) is 7.33. The van der Waals surface area contributed by atoms with Gasteiger partial charge in [-0.3, -0.25) is 9.59 Å². The molecule has 0 fully saturated rings. The molecule has 5 nitrogen and oxygen atoms in total. The lowest BCUT2D eigenvalue weighted by Crippen LogP contribution is -2.29. The predicted molar refractivity (Wildman–Crippen MR) is 98.5 cm³/mol. The highest BCUT2D eigenvalue weighted by Gasteiger charge is 2.27. The summed E-state index contributed by atoms with van der Waals surface area (Å²) in [7, 11) is 0. The summed E-state index contributed by atoms with van der Waals surface area (Å²) in [6, 6.07) is 10.2. The maximum atomic E-state index is 12.3. The van der Waals surface area contributed by atoms with Crippen LogP contribution < -0.4 is 15.4 Å². The van der Waals surface area contributed by atoms with Gasteiger partial charge in [0, 0.05) is 22.2 Å². The zero-order valence-electron chi connectivity index (χ0n) is 13.4. The lowest BCUT2D eigenvalue weighted by molar-refractivity contribution is -0.125. The van der Waals surface area contributed by atoms with Crippen LogP contribution in [0.1, 0.15) is 12.0 Å². The first-order chi connectivity index (χ1) is 11.9. The maximum Gasteiger partial charge on any atom is 0.231 e. The SMILES string of the molecule is Cc1ccc(NC(=O)C[C@H]2COc3ccc(Cl)cc3NC2=O)cc1Cl. The van der Waals surface area contributed by atoms with Crippen LogP contribution >= 0.6 is 23.2 Å². The number of ether oxygens (including phenoxy) is 1. The van der Waals surface area contributed by atoms with Crippen molar-refractivity contribution in [2.75, 3.05) is 17.2 Å². The minimum absolute atomic E-state index is 0.000943. The van der Waals surface area contributed by atoms with E-state index in [-0.39, 0.29) is 24.8 Å². The van der Waals surface area contributed by atoms with Crippen molar-refractivity contribution in [2.24, 2.45) is 5.92 Å². The Balaban J connectivity index is 1.65. The first-order valence-corrected chi connectivity index (χ1v) is 8.47. The second-order valence-electron chi connectivity index (χ2n) is 5.85. The minimum Gasteiger partial charge on any atom is -0.491 e. The third-order valence-corrected chi connectivity index (χ3v) is 4.54. The molecular formula is C18H16Cl2N2O3. The van der Waals surface area contributed by atoms with Gasteiger partial charge in [0.2, 0.25) is 11.8 Å². The summed E-state index contributed by atoms with van der Waals surface area (Å²) in [5.41, 5.74) is 2.02. The second-order valence-corrected chi connectivity index (χ2v) is 6.70. The van der Waals surface area contributed by atoms with Crippen molar-refractivity contribution < 1.29 is 14.3 Å². The van der Waals surface area contributed by atoms with E-state index in [1.807, 2.05) is 13.0 Å². The normalized spacial score (nSPS) is 16.3. The lowest BCUT2D eigenvalue weighted by Gasteiger charge is -2.13. The number of amides is 2. The molecule has 0 spiro atoms. The number of nitrogens with one attached hydrogen (secondary N) is 2. The molecule has 7 heteroatoms. The molecule has 130 valence electrons. The molecule has 0 saturated carbocycles. The van der Waals surface area contributed by atoms with Crippen LogP contribution in [0.3, 0.4) is 0 Å². The van der Waals surface area contributed by atoms with Gasteiger partial charge in [0.15, 0.2) is 0 Å². The van der Waals surface area contributed by atoms with E-state index < -0.39 is 5.92 Å². The summed E-state index contributed by atoms with van der Waals surface area (Å²) in [6.07, 6.45) is -0.000943. The van der Waals surface area contributed by atoms with E-state index in [2.05, 4.69) is 10.6 Å². The molecule has 0 bridgehead atoms. The third-order valence-electron chi connectivity index (χ3n) is 3.90. The Morgan fingerprint density at radius 3 is 2.84 bits per heavy atom. The third kappa shape index (κ3) is 4.24. The van der Waals surface area contributed by atoms with Gasteiger partial charge in [-0.15, -0.1) is 0 Å². The van der Waals surface area contributed by atoms with Crippen molar-refractivity contribution in [1.29, 1.82) is 0 Å². The minimum atomic E-state index is -0.605. The summed E-state index contributed by atoms with van der Waals surface area (Å²) in [5, 5.41) is 6.56. The van der Waals surface area contributed by atoms with Crippen LogP contribution in [0.25, 0.3) is 0 Å². The Labute approximate surface area is 155 Å². The molecule has 2 aromatic carbocycles. The van der Waals surface area contributed by atoms with Gasteiger partial charge in [0.05, 0.1) is 11.6 Å². The van der Waals surface area contributed by atoms with Gasteiger partial charge in [-0.2, -0.15) is 0 Å². The Hall–Kier alpha value is -2.24. The van der Waals surface area contributed by atoms with Crippen LogP contribution in [-0.4, -0.2) is 18.4 Å². The van der Waals surface area contributed by atoms with Crippen molar-refractivity contribution in [3.8, 4) is 5.75 Å². The van der Waals surface area contributed by atoms with Crippen molar-refractivity contribution >= 4 is 46.4 Å². The van der Waals surface area contributed by atoms with E-state index in [4.69, 9.17) is 27.9 Å². The molecule has 1 aliphatic rings. The maximum absolute atomic E-state index is 12.3. The topological polar surface area (TPSA) is 67.4 Å². The average molecular weight is 379 g/mol. The lowest BCUT2D eigenvalue weighted by atomic mass is 10.1. The number of benzene rings is 2. The van der Waals surface area contributed by atoms with Gasteiger partial charge in [-0.25, -0.2) is 0 Å². The monoisotopic (exact) mass is 378 g/mol. The quantitative estimate of drug-likeness (QED) is 0.837. The smallest absolute Gasteiger partial charge is 0.231 e. The fourth-order valence-electron chi connectivity index (χ4n) is 2.48. The van der Waals surface area contributed by atoms with E-state index in [0.717, 1.165) is 5.56 Å². The Kier molecular flexibility index (Phi) is 5.16. The number of carbonyl (C=O) groups is 2. The van der Waals surface area contributed by atoms with Crippen LogP contribution in [0.15, 0.2) is 36.4 Å². The molecule has 1 atom stereocenters. The van der Waals surface area contributed by atoms with Crippen molar-refractivity contribution in [3.63, 3.8) is 0 Å². The van der Waals surface area contributed by atoms with Gasteiger partial charge >= 0.3 is 0 Å². The molecule has 2 amide bonds. The van der Waals surface area contributed by atoms with Crippen molar-refractivity contribution in [2.45, 2.75) is 13.3 Å². The Morgan fingerprint density at radius 1 is 1.28 bits per heavy atom. The molecule has 1 aliphatic heterocycles. The molecule has 0 aliphatic carbocycles. The van der Waals surface area contributed by atoms with E-state index in [1.54, 1.807) is 30.3 Å². The highest BCUT2D eigenvalue weighted by molar-refractivity contribution is 6.31. The summed E-state index contributed by atoms with van der Waals surface area (Å²) in [5.74, 6) is -0.635. The number of fused-ring (bicyclic) bond motifs is 1. The molecular weight excluding hydrogens is 363 g/mol. The summed E-state index contributed by atoms with van der Waals surface area (Å²) in [6.45, 7) is 1.99. The number of anilines is 2. The van der Waals surface area contributed by atoms with Crippen LogP contribution in [0.5, 0.6) is 5.75 Å². The standard InChI is InChI=1S/C18H16Cl2N2O3/c1-10-2-4-13(8-14(10)20)21-17(23)6-11-9-25-16-5-3-12(19)7-15(16)22-18(11)24/h2-5,7-8,11H,6,9H2,1H3,(H,21,23)(H,22,24)/t11-/m0/s1. The van der Waals surface area contributed by atoms with Crippen LogP contribution in [-0.2, 0) is 9.59 Å². The number of halogens is 2. The van der Waals surface area contributed by atoms with E-state index in [0.29, 0.717) is 27.2 Å². The highest BCUT2D eigenvalue weighted by Crippen LogP contribution is 2.31. The van der Waals surface area contributed by atoms with Crippen LogP contribution in [0.4, 0.5) is 11.4 Å². The number of hydrogen-bond donors (Lipinski definition) is 2. The summed E-state index contributed by atoms with van der Waals surface area (Å²) < 4.78 is 5.63. The first kappa shape index (κ1) is 17.6.